The lowest BCUT2D eigenvalue weighted by molar-refractivity contribution is 0.180. The summed E-state index contributed by atoms with van der Waals surface area (Å²) in [6, 6.07) is 4.07. The van der Waals surface area contributed by atoms with Crippen molar-refractivity contribution >= 4 is 29.9 Å². The number of furan rings is 1. The lowest BCUT2D eigenvalue weighted by Gasteiger charge is -2.24. The first kappa shape index (κ1) is 24.2. The number of aliphatic imine (C=N–C) groups is 1. The van der Waals surface area contributed by atoms with Gasteiger partial charge in [0.2, 0.25) is 0 Å². The number of guanidine groups is 1. The lowest BCUT2D eigenvalue weighted by atomic mass is 10.2. The molecule has 0 bridgehead atoms. The SMILES string of the molecule is CN=C(NCCN(C)CCCOC)NCC(c1ccco1)N(C)C.I. The van der Waals surface area contributed by atoms with E-state index in [2.05, 4.69) is 32.5 Å². The van der Waals surface area contributed by atoms with Gasteiger partial charge in [-0.05, 0) is 39.7 Å². The Morgan fingerprint density at radius 2 is 2.04 bits per heavy atom. The summed E-state index contributed by atoms with van der Waals surface area (Å²) in [7, 11) is 9.72. The molecule has 1 heterocycles. The quantitative estimate of drug-likeness (QED) is 0.223. The van der Waals surface area contributed by atoms with Crippen LogP contribution in [0.25, 0.3) is 0 Å². The van der Waals surface area contributed by atoms with E-state index in [9.17, 15) is 0 Å². The Labute approximate surface area is 169 Å². The fourth-order valence-electron chi connectivity index (χ4n) is 2.39. The summed E-state index contributed by atoms with van der Waals surface area (Å²) < 4.78 is 10.6. The average molecular weight is 467 g/mol. The Hall–Kier alpha value is -0.840. The van der Waals surface area contributed by atoms with Gasteiger partial charge in [-0.3, -0.25) is 9.89 Å². The van der Waals surface area contributed by atoms with E-state index in [0.717, 1.165) is 50.9 Å². The maximum absolute atomic E-state index is 5.52. The van der Waals surface area contributed by atoms with Gasteiger partial charge in [0.05, 0.1) is 12.3 Å². The zero-order valence-corrected chi connectivity index (χ0v) is 18.4. The number of ether oxygens (including phenoxy) is 1. The van der Waals surface area contributed by atoms with Gasteiger partial charge >= 0.3 is 0 Å². The molecule has 0 saturated heterocycles. The molecule has 25 heavy (non-hydrogen) atoms. The van der Waals surface area contributed by atoms with Gasteiger partial charge in [0, 0.05) is 46.9 Å². The topological polar surface area (TPSA) is 65.3 Å². The second kappa shape index (κ2) is 14.3. The third-order valence-corrected chi connectivity index (χ3v) is 3.86. The molecule has 1 aromatic rings. The van der Waals surface area contributed by atoms with Crippen LogP contribution in [0.1, 0.15) is 18.2 Å². The molecule has 2 N–H and O–H groups in total. The zero-order valence-electron chi connectivity index (χ0n) is 16.1. The third kappa shape index (κ3) is 10.0. The summed E-state index contributed by atoms with van der Waals surface area (Å²) in [5.74, 6) is 1.75. The standard InChI is InChI=1S/C17H33N5O2.HI/c1-18-17(19-9-11-22(4)10-7-12-23-5)20-14-15(21(2)3)16-8-6-13-24-16;/h6,8,13,15H,7,9-12,14H2,1-5H3,(H2,18,19,20);1H. The molecule has 0 aliphatic rings. The molecule has 1 atom stereocenters. The number of likely N-dealkylation sites (N-methyl/N-ethyl adjacent to an activating group) is 2. The molecule has 0 radical (unpaired) electrons. The fourth-order valence-corrected chi connectivity index (χ4v) is 2.39. The molecule has 1 aromatic heterocycles. The van der Waals surface area contributed by atoms with E-state index < -0.39 is 0 Å². The number of methoxy groups -OCH3 is 1. The maximum atomic E-state index is 5.52. The van der Waals surface area contributed by atoms with Gasteiger partial charge in [-0.25, -0.2) is 0 Å². The smallest absolute Gasteiger partial charge is 0.191 e. The number of nitrogens with zero attached hydrogens (tertiary/aromatic N) is 3. The molecule has 1 unspecified atom stereocenters. The van der Waals surface area contributed by atoms with Crippen molar-refractivity contribution in [3.05, 3.63) is 24.2 Å². The molecule has 0 fully saturated rings. The highest BCUT2D eigenvalue weighted by atomic mass is 127. The summed E-state index contributed by atoms with van der Waals surface area (Å²) >= 11 is 0. The number of hydrogen-bond acceptors (Lipinski definition) is 5. The minimum atomic E-state index is 0. The molecule has 0 aliphatic carbocycles. The largest absolute Gasteiger partial charge is 0.468 e. The van der Waals surface area contributed by atoms with Crippen molar-refractivity contribution in [2.24, 2.45) is 4.99 Å². The van der Waals surface area contributed by atoms with Crippen LogP contribution in [0.3, 0.4) is 0 Å². The van der Waals surface area contributed by atoms with Crippen molar-refractivity contribution in [2.45, 2.75) is 12.5 Å². The first-order chi connectivity index (χ1) is 11.6. The lowest BCUT2D eigenvalue weighted by Crippen LogP contribution is -2.44. The van der Waals surface area contributed by atoms with Crippen molar-refractivity contribution in [3.63, 3.8) is 0 Å². The van der Waals surface area contributed by atoms with Gasteiger partial charge in [0.25, 0.3) is 0 Å². The van der Waals surface area contributed by atoms with Gasteiger partial charge in [0.1, 0.15) is 5.76 Å². The molecule has 0 saturated carbocycles. The molecule has 0 amide bonds. The predicted octanol–water partition coefficient (Wildman–Crippen LogP) is 1.63. The highest BCUT2D eigenvalue weighted by molar-refractivity contribution is 14.0. The van der Waals surface area contributed by atoms with Crippen LogP contribution in [0.2, 0.25) is 0 Å². The normalized spacial score (nSPS) is 13.0. The first-order valence-corrected chi connectivity index (χ1v) is 8.40. The van der Waals surface area contributed by atoms with Crippen LogP contribution in [-0.2, 0) is 4.74 Å². The number of nitrogens with one attached hydrogen (secondary N) is 2. The van der Waals surface area contributed by atoms with Crippen LogP contribution in [-0.4, -0.2) is 83.8 Å². The van der Waals surface area contributed by atoms with Crippen molar-refractivity contribution < 1.29 is 9.15 Å². The molecule has 8 heteroatoms. The summed E-state index contributed by atoms with van der Waals surface area (Å²) in [6.07, 6.45) is 2.76. The highest BCUT2D eigenvalue weighted by Gasteiger charge is 2.17. The average Bonchev–Trinajstić information content (AvgIpc) is 3.07. The van der Waals surface area contributed by atoms with E-state index in [1.54, 1.807) is 20.4 Å². The van der Waals surface area contributed by atoms with Gasteiger partial charge in [-0.2, -0.15) is 0 Å². The fraction of sp³-hybridized carbons (Fsp3) is 0.706. The van der Waals surface area contributed by atoms with Gasteiger partial charge in [-0.15, -0.1) is 24.0 Å². The van der Waals surface area contributed by atoms with E-state index in [0.29, 0.717) is 0 Å². The number of halogens is 1. The molecule has 0 aliphatic heterocycles. The van der Waals surface area contributed by atoms with Crippen LogP contribution >= 0.6 is 24.0 Å². The van der Waals surface area contributed by atoms with Gasteiger partial charge in [0.15, 0.2) is 5.96 Å². The number of rotatable bonds is 11. The molecule has 1 rings (SSSR count). The second-order valence-electron chi connectivity index (χ2n) is 6.02. The van der Waals surface area contributed by atoms with E-state index in [1.165, 1.54) is 0 Å². The number of hydrogen-bond donors (Lipinski definition) is 2. The van der Waals surface area contributed by atoms with Crippen molar-refractivity contribution in [1.82, 2.24) is 20.4 Å². The van der Waals surface area contributed by atoms with Gasteiger partial charge in [-0.1, -0.05) is 0 Å². The molecule has 0 aromatic carbocycles. The van der Waals surface area contributed by atoms with Crippen LogP contribution < -0.4 is 10.6 Å². The Kier molecular flexibility index (Phi) is 13.9. The van der Waals surface area contributed by atoms with E-state index >= 15 is 0 Å². The zero-order chi connectivity index (χ0) is 17.8. The minimum absolute atomic E-state index is 0. The Morgan fingerprint density at radius 1 is 1.28 bits per heavy atom. The summed E-state index contributed by atoms with van der Waals surface area (Å²) in [6.45, 7) is 4.36. The Morgan fingerprint density at radius 3 is 2.60 bits per heavy atom. The van der Waals surface area contributed by atoms with Crippen molar-refractivity contribution in [2.75, 3.05) is 68.1 Å². The highest BCUT2D eigenvalue weighted by Crippen LogP contribution is 2.17. The predicted molar refractivity (Wildman–Crippen MR) is 114 cm³/mol. The van der Waals surface area contributed by atoms with Crippen LogP contribution in [0, 0.1) is 0 Å². The van der Waals surface area contributed by atoms with E-state index in [1.807, 2.05) is 26.2 Å². The molecule has 7 nitrogen and oxygen atoms in total. The van der Waals surface area contributed by atoms with Crippen molar-refractivity contribution in [1.29, 1.82) is 0 Å². The van der Waals surface area contributed by atoms with Crippen LogP contribution in [0.5, 0.6) is 0 Å². The molecule has 0 spiro atoms. The monoisotopic (exact) mass is 467 g/mol. The molecular weight excluding hydrogens is 433 g/mol. The Balaban J connectivity index is 0.00000576. The molecular formula is C17H34IN5O2. The second-order valence-corrected chi connectivity index (χ2v) is 6.02. The summed E-state index contributed by atoms with van der Waals surface area (Å²) in [5, 5.41) is 6.71. The maximum Gasteiger partial charge on any atom is 0.191 e. The minimum Gasteiger partial charge on any atom is -0.468 e. The molecule has 146 valence electrons. The van der Waals surface area contributed by atoms with E-state index in [4.69, 9.17) is 9.15 Å². The van der Waals surface area contributed by atoms with Crippen molar-refractivity contribution in [3.8, 4) is 0 Å². The van der Waals surface area contributed by atoms with Crippen LogP contribution in [0.4, 0.5) is 0 Å². The van der Waals surface area contributed by atoms with Gasteiger partial charge < -0.3 is 24.7 Å². The summed E-state index contributed by atoms with van der Waals surface area (Å²) in [4.78, 5) is 8.69. The Bertz CT molecular complexity index is 454. The van der Waals surface area contributed by atoms with Crippen LogP contribution in [0.15, 0.2) is 27.8 Å². The first-order valence-electron chi connectivity index (χ1n) is 8.40. The van der Waals surface area contributed by atoms with E-state index in [-0.39, 0.29) is 30.0 Å². The summed E-state index contributed by atoms with van der Waals surface area (Å²) in [5.41, 5.74) is 0. The third-order valence-electron chi connectivity index (χ3n) is 3.86.